The van der Waals surface area contributed by atoms with Crippen molar-refractivity contribution in [2.24, 2.45) is 0 Å². The second-order valence-electron chi connectivity index (χ2n) is 6.53. The normalized spacial score (nSPS) is 13.4. The molecule has 1 amide bonds. The molecule has 0 fully saturated rings. The Morgan fingerprint density at radius 3 is 2.70 bits per heavy atom. The summed E-state index contributed by atoms with van der Waals surface area (Å²) in [6, 6.07) is 11.3. The Morgan fingerprint density at radius 1 is 1.22 bits per heavy atom. The van der Waals surface area contributed by atoms with E-state index in [2.05, 4.69) is 4.98 Å². The van der Waals surface area contributed by atoms with Gasteiger partial charge in [0.15, 0.2) is 0 Å². The number of nitrogens with zero attached hydrogens (tertiary/aromatic N) is 3. The number of aromatic nitrogens is 2. The number of pyridine rings is 2. The zero-order valence-corrected chi connectivity index (χ0v) is 14.9. The Morgan fingerprint density at radius 2 is 2.00 bits per heavy atom. The number of fused-ring (bicyclic) bond motifs is 3. The van der Waals surface area contributed by atoms with E-state index in [-0.39, 0.29) is 12.1 Å². The van der Waals surface area contributed by atoms with Gasteiger partial charge >= 0.3 is 6.09 Å². The summed E-state index contributed by atoms with van der Waals surface area (Å²) in [4.78, 5) is 30.3. The van der Waals surface area contributed by atoms with Crippen LogP contribution in [0.4, 0.5) is 4.79 Å². The molecule has 0 spiro atoms. The fourth-order valence-corrected chi connectivity index (χ4v) is 3.59. The van der Waals surface area contributed by atoms with Crippen LogP contribution in [0.3, 0.4) is 0 Å². The molecule has 0 saturated heterocycles. The first kappa shape index (κ1) is 17.1. The maximum atomic E-state index is 13.2. The second kappa shape index (κ2) is 6.75. The van der Waals surface area contributed by atoms with Crippen molar-refractivity contribution in [3.8, 4) is 5.75 Å². The minimum Gasteiger partial charge on any atom is -0.497 e. The van der Waals surface area contributed by atoms with Crippen LogP contribution < -0.4 is 10.3 Å². The summed E-state index contributed by atoms with van der Waals surface area (Å²) in [5, 5.41) is 10.2. The van der Waals surface area contributed by atoms with Crippen molar-refractivity contribution < 1.29 is 14.6 Å². The van der Waals surface area contributed by atoms with Crippen LogP contribution in [-0.4, -0.2) is 39.3 Å². The van der Waals surface area contributed by atoms with Crippen LogP contribution in [0.1, 0.15) is 16.7 Å². The number of hydrogen-bond acceptors (Lipinski definition) is 4. The molecular weight excluding hydrogens is 346 g/mol. The summed E-state index contributed by atoms with van der Waals surface area (Å²) < 4.78 is 6.81. The highest BCUT2D eigenvalue weighted by molar-refractivity contribution is 5.81. The third-order valence-electron chi connectivity index (χ3n) is 4.99. The molecule has 1 N–H and O–H groups in total. The van der Waals surface area contributed by atoms with Crippen LogP contribution in [-0.2, 0) is 19.5 Å². The first-order valence-electron chi connectivity index (χ1n) is 8.68. The van der Waals surface area contributed by atoms with Crippen molar-refractivity contribution in [3.05, 3.63) is 69.6 Å². The fourth-order valence-electron chi connectivity index (χ4n) is 3.59. The van der Waals surface area contributed by atoms with Gasteiger partial charge in [0.05, 0.1) is 20.2 Å². The summed E-state index contributed by atoms with van der Waals surface area (Å²) in [6.45, 7) is 0.849. The van der Waals surface area contributed by atoms with Gasteiger partial charge in [-0.3, -0.25) is 9.36 Å². The highest BCUT2D eigenvalue weighted by Crippen LogP contribution is 2.25. The van der Waals surface area contributed by atoms with Gasteiger partial charge < -0.3 is 14.7 Å². The standard InChI is InChI=1S/C20H19N3O4/c1-27-14-6-4-13(5-7-14)11-23-18-16(3-2-9-21-18)15-8-10-22(20(25)26)12-17(15)19(23)24/h2-7,9H,8,10-12H2,1H3,(H,25,26). The van der Waals surface area contributed by atoms with Crippen LogP contribution >= 0.6 is 0 Å². The Bertz CT molecular complexity index is 1070. The van der Waals surface area contributed by atoms with E-state index in [1.54, 1.807) is 17.9 Å². The molecule has 1 aliphatic heterocycles. The lowest BCUT2D eigenvalue weighted by Crippen LogP contribution is -2.40. The maximum Gasteiger partial charge on any atom is 0.407 e. The molecule has 4 rings (SSSR count). The average Bonchev–Trinajstić information content (AvgIpc) is 2.71. The minimum absolute atomic E-state index is 0.108. The lowest BCUT2D eigenvalue weighted by Gasteiger charge is -2.27. The van der Waals surface area contributed by atoms with Gasteiger partial charge in [0, 0.05) is 23.7 Å². The molecule has 0 radical (unpaired) electrons. The van der Waals surface area contributed by atoms with Gasteiger partial charge in [0.2, 0.25) is 0 Å². The largest absolute Gasteiger partial charge is 0.497 e. The number of hydrogen-bond donors (Lipinski definition) is 1. The van der Waals surface area contributed by atoms with Crippen LogP contribution in [0, 0.1) is 0 Å². The zero-order valence-electron chi connectivity index (χ0n) is 14.9. The van der Waals surface area contributed by atoms with Gasteiger partial charge in [-0.1, -0.05) is 12.1 Å². The summed E-state index contributed by atoms with van der Waals surface area (Å²) >= 11 is 0. The molecule has 0 bridgehead atoms. The Hall–Kier alpha value is -3.35. The van der Waals surface area contributed by atoms with E-state index in [0.717, 1.165) is 22.3 Å². The minimum atomic E-state index is -1.01. The number of amides is 1. The van der Waals surface area contributed by atoms with E-state index in [0.29, 0.717) is 30.7 Å². The van der Waals surface area contributed by atoms with Crippen LogP contribution in [0.5, 0.6) is 5.75 Å². The van der Waals surface area contributed by atoms with E-state index in [1.165, 1.54) is 4.90 Å². The van der Waals surface area contributed by atoms with Gasteiger partial charge in [0.25, 0.3) is 5.56 Å². The predicted molar refractivity (Wildman–Crippen MR) is 100 cm³/mol. The number of benzene rings is 1. The van der Waals surface area contributed by atoms with E-state index < -0.39 is 6.09 Å². The maximum absolute atomic E-state index is 13.2. The molecule has 1 aromatic carbocycles. The fraction of sp³-hybridized carbons (Fsp3) is 0.250. The van der Waals surface area contributed by atoms with Crippen molar-refractivity contribution in [2.75, 3.05) is 13.7 Å². The zero-order chi connectivity index (χ0) is 19.0. The predicted octanol–water partition coefficient (Wildman–Crippen LogP) is 2.49. The molecule has 2 aromatic heterocycles. The van der Waals surface area contributed by atoms with Gasteiger partial charge in [-0.2, -0.15) is 0 Å². The van der Waals surface area contributed by atoms with Gasteiger partial charge in [-0.25, -0.2) is 9.78 Å². The summed E-state index contributed by atoms with van der Waals surface area (Å²) in [7, 11) is 1.61. The first-order chi connectivity index (χ1) is 13.1. The lowest BCUT2D eigenvalue weighted by atomic mass is 9.97. The Labute approximate surface area is 155 Å². The number of carboxylic acid groups (broad SMARTS) is 1. The molecule has 0 unspecified atom stereocenters. The quantitative estimate of drug-likeness (QED) is 0.771. The van der Waals surface area contributed by atoms with Crippen molar-refractivity contribution in [3.63, 3.8) is 0 Å². The van der Waals surface area contributed by atoms with Crippen molar-refractivity contribution in [1.82, 2.24) is 14.5 Å². The molecule has 1 aliphatic rings. The second-order valence-corrected chi connectivity index (χ2v) is 6.53. The number of rotatable bonds is 3. The van der Waals surface area contributed by atoms with E-state index in [4.69, 9.17) is 4.74 Å². The summed E-state index contributed by atoms with van der Waals surface area (Å²) in [5.41, 5.74) is 2.83. The molecule has 0 saturated carbocycles. The number of ether oxygens (including phenoxy) is 1. The smallest absolute Gasteiger partial charge is 0.407 e. The molecule has 138 valence electrons. The van der Waals surface area contributed by atoms with Crippen molar-refractivity contribution in [2.45, 2.75) is 19.5 Å². The molecular formula is C20H19N3O4. The third kappa shape index (κ3) is 3.01. The lowest BCUT2D eigenvalue weighted by molar-refractivity contribution is 0.139. The van der Waals surface area contributed by atoms with Gasteiger partial charge in [-0.15, -0.1) is 0 Å². The molecule has 27 heavy (non-hydrogen) atoms. The molecule has 3 heterocycles. The highest BCUT2D eigenvalue weighted by Gasteiger charge is 2.26. The summed E-state index contributed by atoms with van der Waals surface area (Å²) in [6.07, 6.45) is 1.18. The van der Waals surface area contributed by atoms with E-state index in [1.807, 2.05) is 36.4 Å². The average molecular weight is 365 g/mol. The summed E-state index contributed by atoms with van der Waals surface area (Å²) in [5.74, 6) is 0.747. The van der Waals surface area contributed by atoms with Crippen molar-refractivity contribution in [1.29, 1.82) is 0 Å². The topological polar surface area (TPSA) is 84.7 Å². The SMILES string of the molecule is COc1ccc(Cn2c(=O)c3c(c4cccnc42)CCN(C(=O)O)C3)cc1. The third-order valence-corrected chi connectivity index (χ3v) is 4.99. The monoisotopic (exact) mass is 365 g/mol. The molecule has 7 nitrogen and oxygen atoms in total. The van der Waals surface area contributed by atoms with E-state index >= 15 is 0 Å². The molecule has 0 aliphatic carbocycles. The van der Waals surface area contributed by atoms with Crippen LogP contribution in [0.15, 0.2) is 47.4 Å². The Kier molecular flexibility index (Phi) is 4.27. The first-order valence-corrected chi connectivity index (χ1v) is 8.68. The highest BCUT2D eigenvalue weighted by atomic mass is 16.5. The number of methoxy groups -OCH3 is 1. The molecule has 3 aromatic rings. The van der Waals surface area contributed by atoms with Gasteiger partial charge in [-0.05, 0) is 41.8 Å². The van der Waals surface area contributed by atoms with Crippen LogP contribution in [0.25, 0.3) is 11.0 Å². The molecule has 0 atom stereocenters. The van der Waals surface area contributed by atoms with Crippen molar-refractivity contribution >= 4 is 17.1 Å². The van der Waals surface area contributed by atoms with Gasteiger partial charge in [0.1, 0.15) is 11.4 Å². The number of carbonyl (C=O) groups is 1. The Balaban J connectivity index is 1.85. The molecule has 7 heteroatoms. The van der Waals surface area contributed by atoms with E-state index in [9.17, 15) is 14.7 Å². The van der Waals surface area contributed by atoms with Crippen LogP contribution in [0.2, 0.25) is 0 Å².